The van der Waals surface area contributed by atoms with Gasteiger partial charge in [-0.1, -0.05) is 11.6 Å². The number of nitro benzene ring substituents is 1. The highest BCUT2D eigenvalue weighted by Crippen LogP contribution is 2.31. The Bertz CT molecular complexity index is 985. The number of nitro groups is 1. The average molecular weight is 454 g/mol. The molecule has 158 valence electrons. The molecule has 0 saturated carbocycles. The monoisotopic (exact) mass is 453 g/mol. The third kappa shape index (κ3) is 5.47. The maximum atomic E-state index is 13.9. The van der Waals surface area contributed by atoms with Gasteiger partial charge in [-0.3, -0.25) is 19.7 Å². The van der Waals surface area contributed by atoms with Crippen LogP contribution in [-0.4, -0.2) is 53.7 Å². The van der Waals surface area contributed by atoms with Gasteiger partial charge in [0.1, 0.15) is 5.82 Å². The van der Waals surface area contributed by atoms with E-state index in [-0.39, 0.29) is 38.5 Å². The fourth-order valence-electron chi connectivity index (χ4n) is 2.75. The van der Waals surface area contributed by atoms with E-state index in [0.29, 0.717) is 26.3 Å². The summed E-state index contributed by atoms with van der Waals surface area (Å²) < 4.78 is 19.1. The van der Waals surface area contributed by atoms with Crippen molar-refractivity contribution in [2.24, 2.45) is 0 Å². The molecule has 1 N–H and O–H groups in total. The van der Waals surface area contributed by atoms with Gasteiger partial charge in [0.15, 0.2) is 0 Å². The Morgan fingerprint density at radius 2 is 1.97 bits per heavy atom. The van der Waals surface area contributed by atoms with Crippen LogP contribution in [0, 0.1) is 15.9 Å². The van der Waals surface area contributed by atoms with Gasteiger partial charge in [0.2, 0.25) is 5.91 Å². The molecule has 2 aromatic carbocycles. The van der Waals surface area contributed by atoms with Gasteiger partial charge >= 0.3 is 0 Å². The van der Waals surface area contributed by atoms with Crippen molar-refractivity contribution in [1.82, 2.24) is 4.90 Å². The Kier molecular flexibility index (Phi) is 7.24. The van der Waals surface area contributed by atoms with Crippen molar-refractivity contribution in [1.29, 1.82) is 0 Å². The molecule has 1 aliphatic rings. The Morgan fingerprint density at radius 1 is 1.23 bits per heavy atom. The van der Waals surface area contributed by atoms with Crippen LogP contribution < -0.4 is 5.32 Å². The zero-order valence-electron chi connectivity index (χ0n) is 15.6. The number of nitrogens with zero attached hydrogens (tertiary/aromatic N) is 2. The van der Waals surface area contributed by atoms with Gasteiger partial charge in [0.05, 0.1) is 34.5 Å². The fraction of sp³-hybridized carbons (Fsp3) is 0.263. The second kappa shape index (κ2) is 9.88. The summed E-state index contributed by atoms with van der Waals surface area (Å²) in [6.45, 7) is 1.91. The molecule has 1 aliphatic heterocycles. The molecule has 3 rings (SSSR count). The predicted octanol–water partition coefficient (Wildman–Crippen LogP) is 3.59. The molecule has 0 atom stereocenters. The lowest BCUT2D eigenvalue weighted by Gasteiger charge is -2.26. The molecule has 2 aromatic rings. The van der Waals surface area contributed by atoms with Crippen LogP contribution in [0.1, 0.15) is 10.4 Å². The lowest BCUT2D eigenvalue weighted by Crippen LogP contribution is -2.41. The molecule has 1 fully saturated rings. The highest BCUT2D eigenvalue weighted by molar-refractivity contribution is 8.00. The normalized spacial score (nSPS) is 13.7. The number of nitrogens with one attached hydrogen (secondary N) is 1. The van der Waals surface area contributed by atoms with E-state index in [1.807, 2.05) is 0 Å². The molecule has 0 radical (unpaired) electrons. The number of halogens is 2. The van der Waals surface area contributed by atoms with Crippen LogP contribution in [0.5, 0.6) is 0 Å². The van der Waals surface area contributed by atoms with Crippen LogP contribution >= 0.6 is 23.4 Å². The lowest BCUT2D eigenvalue weighted by atomic mass is 10.2. The van der Waals surface area contributed by atoms with Gasteiger partial charge in [0.25, 0.3) is 11.6 Å². The second-order valence-electron chi connectivity index (χ2n) is 6.30. The molecule has 11 heteroatoms. The average Bonchev–Trinajstić information content (AvgIpc) is 2.74. The van der Waals surface area contributed by atoms with Crippen molar-refractivity contribution in [2.75, 3.05) is 37.4 Å². The number of rotatable bonds is 6. The first-order chi connectivity index (χ1) is 14.3. The second-order valence-corrected chi connectivity index (χ2v) is 7.75. The van der Waals surface area contributed by atoms with Crippen LogP contribution in [-0.2, 0) is 9.53 Å². The lowest BCUT2D eigenvalue weighted by molar-refractivity contribution is -0.387. The molecular formula is C19H17ClFN3O5S. The van der Waals surface area contributed by atoms with E-state index < -0.39 is 16.6 Å². The number of amides is 2. The highest BCUT2D eigenvalue weighted by atomic mass is 35.5. The molecular weight excluding hydrogens is 437 g/mol. The van der Waals surface area contributed by atoms with Crippen molar-refractivity contribution < 1.29 is 23.6 Å². The number of carbonyl (C=O) groups excluding carboxylic acids is 2. The van der Waals surface area contributed by atoms with Crippen molar-refractivity contribution in [2.45, 2.75) is 4.90 Å². The molecule has 0 aliphatic carbocycles. The van der Waals surface area contributed by atoms with Crippen LogP contribution in [0.15, 0.2) is 41.3 Å². The summed E-state index contributed by atoms with van der Waals surface area (Å²) in [7, 11) is 0. The van der Waals surface area contributed by atoms with E-state index in [0.717, 1.165) is 23.9 Å². The van der Waals surface area contributed by atoms with Gasteiger partial charge in [-0.15, -0.1) is 11.8 Å². The number of thioether (sulfide) groups is 1. The van der Waals surface area contributed by atoms with Gasteiger partial charge in [0, 0.05) is 29.7 Å². The van der Waals surface area contributed by atoms with Gasteiger partial charge in [-0.2, -0.15) is 0 Å². The SMILES string of the molecule is O=C(Nc1ccc(Cl)cc1F)c1ccc(SCC(=O)N2CCOCC2)c([N+](=O)[O-])c1. The molecule has 1 saturated heterocycles. The van der Waals surface area contributed by atoms with Crippen LogP contribution in [0.2, 0.25) is 5.02 Å². The largest absolute Gasteiger partial charge is 0.378 e. The van der Waals surface area contributed by atoms with Gasteiger partial charge in [-0.05, 0) is 30.3 Å². The first-order valence-corrected chi connectivity index (χ1v) is 10.2. The third-order valence-corrected chi connectivity index (χ3v) is 5.59. The highest BCUT2D eigenvalue weighted by Gasteiger charge is 2.22. The minimum Gasteiger partial charge on any atom is -0.378 e. The number of ether oxygens (including phenoxy) is 1. The van der Waals surface area contributed by atoms with Gasteiger partial charge in [-0.25, -0.2) is 4.39 Å². The van der Waals surface area contributed by atoms with E-state index in [2.05, 4.69) is 5.32 Å². The van der Waals surface area contributed by atoms with Gasteiger partial charge < -0.3 is 15.0 Å². The topological polar surface area (TPSA) is 102 Å². The van der Waals surface area contributed by atoms with E-state index in [4.69, 9.17) is 16.3 Å². The minimum absolute atomic E-state index is 0.0140. The van der Waals surface area contributed by atoms with E-state index in [9.17, 15) is 24.1 Å². The molecule has 0 unspecified atom stereocenters. The zero-order chi connectivity index (χ0) is 21.7. The van der Waals surface area contributed by atoms with Crippen molar-refractivity contribution in [3.8, 4) is 0 Å². The van der Waals surface area contributed by atoms with E-state index in [1.54, 1.807) is 4.90 Å². The number of morpholine rings is 1. The summed E-state index contributed by atoms with van der Waals surface area (Å²) in [4.78, 5) is 37.4. The van der Waals surface area contributed by atoms with Crippen molar-refractivity contribution >= 4 is 46.6 Å². The summed E-state index contributed by atoms with van der Waals surface area (Å²) in [5, 5.41) is 14.0. The Hall–Kier alpha value is -2.69. The Morgan fingerprint density at radius 3 is 2.63 bits per heavy atom. The maximum absolute atomic E-state index is 13.9. The van der Waals surface area contributed by atoms with Crippen molar-refractivity contribution in [3.05, 3.63) is 62.9 Å². The number of carbonyl (C=O) groups is 2. The smallest absolute Gasteiger partial charge is 0.283 e. The molecule has 8 nitrogen and oxygen atoms in total. The first kappa shape index (κ1) is 22.0. The molecule has 30 heavy (non-hydrogen) atoms. The molecule has 1 heterocycles. The van der Waals surface area contributed by atoms with Crippen LogP contribution in [0.25, 0.3) is 0 Å². The number of benzene rings is 2. The summed E-state index contributed by atoms with van der Waals surface area (Å²) in [5.41, 5.74) is -0.416. The molecule has 0 bridgehead atoms. The summed E-state index contributed by atoms with van der Waals surface area (Å²) in [6.07, 6.45) is 0. The molecule has 2 amide bonds. The molecule has 0 spiro atoms. The third-order valence-electron chi connectivity index (χ3n) is 4.31. The Labute approximate surface area is 180 Å². The van der Waals surface area contributed by atoms with E-state index >= 15 is 0 Å². The van der Waals surface area contributed by atoms with Crippen LogP contribution in [0.4, 0.5) is 15.8 Å². The summed E-state index contributed by atoms with van der Waals surface area (Å²) >= 11 is 6.71. The number of hydrogen-bond donors (Lipinski definition) is 1. The zero-order valence-corrected chi connectivity index (χ0v) is 17.2. The Balaban J connectivity index is 1.71. The van der Waals surface area contributed by atoms with E-state index in [1.165, 1.54) is 24.3 Å². The molecule has 0 aromatic heterocycles. The van der Waals surface area contributed by atoms with Crippen molar-refractivity contribution in [3.63, 3.8) is 0 Å². The quantitative estimate of drug-likeness (QED) is 0.407. The predicted molar refractivity (Wildman–Crippen MR) is 111 cm³/mol. The maximum Gasteiger partial charge on any atom is 0.283 e. The first-order valence-electron chi connectivity index (χ1n) is 8.88. The summed E-state index contributed by atoms with van der Waals surface area (Å²) in [6, 6.07) is 7.65. The number of anilines is 1. The standard InChI is InChI=1S/C19H17ClFN3O5S/c20-13-2-3-15(14(21)10-13)22-19(26)12-1-4-17(16(9-12)24(27)28)30-11-18(25)23-5-7-29-8-6-23/h1-4,9-10H,5-8,11H2,(H,22,26). The fourth-order valence-corrected chi connectivity index (χ4v) is 3.82. The minimum atomic E-state index is -0.723. The summed E-state index contributed by atoms with van der Waals surface area (Å²) in [5.74, 6) is -1.54. The number of hydrogen-bond acceptors (Lipinski definition) is 6. The van der Waals surface area contributed by atoms with Crippen LogP contribution in [0.3, 0.4) is 0 Å².